The van der Waals surface area contributed by atoms with Crippen LogP contribution >= 0.6 is 0 Å². The molecule has 3 heterocycles. The number of fused-ring (bicyclic) bond motifs is 1. The molecular weight excluding hydrogens is 496 g/mol. The minimum Gasteiger partial charge on any atom is -0.465 e. The number of nitrogens with zero attached hydrogens (tertiary/aromatic N) is 4. The predicted molar refractivity (Wildman–Crippen MR) is 143 cm³/mol. The van der Waals surface area contributed by atoms with E-state index >= 15 is 0 Å². The first kappa shape index (κ1) is 28.8. The number of carboxylic acid groups (broad SMARTS) is 1. The van der Waals surface area contributed by atoms with Crippen molar-refractivity contribution in [2.24, 2.45) is 0 Å². The van der Waals surface area contributed by atoms with Gasteiger partial charge in [-0.1, -0.05) is 19.6 Å². The van der Waals surface area contributed by atoms with Gasteiger partial charge in [0.05, 0.1) is 30.5 Å². The van der Waals surface area contributed by atoms with E-state index in [1.807, 2.05) is 6.92 Å². The van der Waals surface area contributed by atoms with Crippen molar-refractivity contribution in [3.05, 3.63) is 18.0 Å². The fourth-order valence-corrected chi connectivity index (χ4v) is 4.99. The molecule has 0 saturated carbocycles. The first-order valence-corrected chi connectivity index (χ1v) is 16.2. The summed E-state index contributed by atoms with van der Waals surface area (Å²) in [4.78, 5) is 35.3. The topological polar surface area (TPSA) is 140 Å². The number of anilines is 1. The van der Waals surface area contributed by atoms with E-state index in [9.17, 15) is 14.7 Å². The second-order valence-corrected chi connectivity index (χ2v) is 16.3. The van der Waals surface area contributed by atoms with Crippen LogP contribution in [0.25, 0.3) is 11.2 Å². The summed E-state index contributed by atoms with van der Waals surface area (Å²) < 4.78 is 18.4. The van der Waals surface area contributed by atoms with E-state index in [0.717, 1.165) is 6.04 Å². The number of amides is 2. The number of carbonyl (C=O) groups is 2. The highest BCUT2D eigenvalue weighted by atomic mass is 28.3. The highest BCUT2D eigenvalue weighted by Gasteiger charge is 2.32. The van der Waals surface area contributed by atoms with Crippen LogP contribution in [0.5, 0.6) is 0 Å². The fourth-order valence-electron chi connectivity index (χ4n) is 4.24. The molecule has 0 aliphatic carbocycles. The van der Waals surface area contributed by atoms with Crippen molar-refractivity contribution in [2.45, 2.75) is 63.9 Å². The van der Waals surface area contributed by atoms with E-state index in [-0.39, 0.29) is 37.4 Å². The molecule has 2 amide bonds. The van der Waals surface area contributed by atoms with E-state index < -0.39 is 14.2 Å². The highest BCUT2D eigenvalue weighted by Crippen LogP contribution is 2.23. The number of carbonyl (C=O) groups excluding carboxylic acids is 1. The molecule has 206 valence electrons. The number of piperidine rings is 1. The summed E-state index contributed by atoms with van der Waals surface area (Å²) in [7, 11) is 1.96. The maximum atomic E-state index is 13.1. The molecule has 0 aromatic carbocycles. The number of rotatable bonds is 12. The SMILES string of the molecule is COC[C@H](C)NC(=O)c1cn(COCC[Si](C)(C)C)c2ncc(N[C@@H]3CN(C(=O)O)CC[C@@H]3OC)nc12. The van der Waals surface area contributed by atoms with Crippen LogP contribution in [0.15, 0.2) is 12.4 Å². The van der Waals surface area contributed by atoms with Gasteiger partial charge in [0.2, 0.25) is 0 Å². The van der Waals surface area contributed by atoms with E-state index in [1.165, 1.54) is 4.90 Å². The van der Waals surface area contributed by atoms with Crippen LogP contribution in [0.3, 0.4) is 0 Å². The molecule has 0 unspecified atom stereocenters. The Balaban J connectivity index is 1.87. The van der Waals surface area contributed by atoms with E-state index in [0.29, 0.717) is 48.7 Å². The summed E-state index contributed by atoms with van der Waals surface area (Å²) in [5, 5.41) is 15.6. The summed E-state index contributed by atoms with van der Waals surface area (Å²) >= 11 is 0. The van der Waals surface area contributed by atoms with Gasteiger partial charge >= 0.3 is 6.09 Å². The molecule has 2 aromatic heterocycles. The molecule has 12 nitrogen and oxygen atoms in total. The van der Waals surface area contributed by atoms with Crippen LogP contribution in [-0.4, -0.2) is 103 Å². The number of hydrogen-bond acceptors (Lipinski definition) is 8. The van der Waals surface area contributed by atoms with Gasteiger partial charge in [0.1, 0.15) is 18.1 Å². The third-order valence-corrected chi connectivity index (χ3v) is 7.99. The summed E-state index contributed by atoms with van der Waals surface area (Å²) in [5.41, 5.74) is 1.34. The van der Waals surface area contributed by atoms with Crippen LogP contribution in [-0.2, 0) is 20.9 Å². The van der Waals surface area contributed by atoms with Crippen molar-refractivity contribution in [1.29, 1.82) is 0 Å². The largest absolute Gasteiger partial charge is 0.465 e. The number of aromatic nitrogens is 3. The monoisotopic (exact) mass is 536 g/mol. The van der Waals surface area contributed by atoms with Gasteiger partial charge < -0.3 is 39.4 Å². The molecule has 1 aliphatic rings. The lowest BCUT2D eigenvalue weighted by atomic mass is 10.0. The van der Waals surface area contributed by atoms with Crippen LogP contribution < -0.4 is 10.6 Å². The molecule has 3 atom stereocenters. The van der Waals surface area contributed by atoms with Crippen LogP contribution in [0.1, 0.15) is 23.7 Å². The van der Waals surface area contributed by atoms with Crippen molar-refractivity contribution in [3.8, 4) is 0 Å². The second kappa shape index (κ2) is 12.7. The summed E-state index contributed by atoms with van der Waals surface area (Å²) in [6.07, 6.45) is 2.70. The Morgan fingerprint density at radius 3 is 2.70 bits per heavy atom. The number of ether oxygens (including phenoxy) is 3. The van der Waals surface area contributed by atoms with Gasteiger partial charge in [-0.05, 0) is 19.4 Å². The van der Waals surface area contributed by atoms with Gasteiger partial charge in [0, 0.05) is 54.2 Å². The molecule has 2 aromatic rings. The zero-order valence-electron chi connectivity index (χ0n) is 22.6. The average Bonchev–Trinajstić information content (AvgIpc) is 3.19. The summed E-state index contributed by atoms with van der Waals surface area (Å²) in [6, 6.07) is 0.529. The van der Waals surface area contributed by atoms with Gasteiger partial charge in [0.25, 0.3) is 5.91 Å². The first-order chi connectivity index (χ1) is 17.5. The van der Waals surface area contributed by atoms with E-state index in [1.54, 1.807) is 31.2 Å². The minimum atomic E-state index is -1.24. The molecule has 0 radical (unpaired) electrons. The lowest BCUT2D eigenvalue weighted by Gasteiger charge is -2.36. The predicted octanol–water partition coefficient (Wildman–Crippen LogP) is 2.69. The average molecular weight is 537 g/mol. The Kier molecular flexibility index (Phi) is 9.87. The molecule has 0 spiro atoms. The molecule has 3 rings (SSSR count). The van der Waals surface area contributed by atoms with Crippen molar-refractivity contribution >= 4 is 37.1 Å². The first-order valence-electron chi connectivity index (χ1n) is 12.5. The fraction of sp³-hybridized carbons (Fsp3) is 0.667. The molecule has 3 N–H and O–H groups in total. The van der Waals surface area contributed by atoms with Gasteiger partial charge in [-0.25, -0.2) is 14.8 Å². The maximum Gasteiger partial charge on any atom is 0.407 e. The molecule has 13 heteroatoms. The molecule has 1 fully saturated rings. The number of hydrogen-bond donors (Lipinski definition) is 3. The Labute approximate surface area is 218 Å². The van der Waals surface area contributed by atoms with Crippen LogP contribution in [0.2, 0.25) is 25.7 Å². The highest BCUT2D eigenvalue weighted by molar-refractivity contribution is 6.76. The van der Waals surface area contributed by atoms with Gasteiger partial charge in [-0.2, -0.15) is 0 Å². The quantitative estimate of drug-likeness (QED) is 0.276. The third-order valence-electron chi connectivity index (χ3n) is 6.29. The molecular formula is C24H40N6O6Si. The van der Waals surface area contributed by atoms with E-state index in [2.05, 4.69) is 35.3 Å². The minimum absolute atomic E-state index is 0.185. The van der Waals surface area contributed by atoms with Gasteiger partial charge in [-0.3, -0.25) is 4.79 Å². The van der Waals surface area contributed by atoms with Crippen molar-refractivity contribution in [3.63, 3.8) is 0 Å². The van der Waals surface area contributed by atoms with Crippen molar-refractivity contribution in [2.75, 3.05) is 45.8 Å². The number of likely N-dealkylation sites (tertiary alicyclic amines) is 1. The standard InChI is InChI=1S/C24H40N6O6Si/c1-16(14-34-2)26-23(31)17-12-30(15-36-9-10-37(4,5)6)22-21(17)28-20(11-25-22)27-18-13-29(24(32)33)8-7-19(18)35-3/h11-12,16,18-19H,7-10,13-15H2,1-6H3,(H,26,31)(H,27,28)(H,32,33)/t16-,18+,19-/m0/s1. The lowest BCUT2D eigenvalue weighted by molar-refractivity contribution is 0.0323. The smallest absolute Gasteiger partial charge is 0.407 e. The second-order valence-electron chi connectivity index (χ2n) is 10.7. The molecule has 0 bridgehead atoms. The van der Waals surface area contributed by atoms with Gasteiger partial charge in [-0.15, -0.1) is 0 Å². The Hall–Kier alpha value is -2.74. The van der Waals surface area contributed by atoms with Gasteiger partial charge in [0.15, 0.2) is 5.65 Å². The zero-order valence-corrected chi connectivity index (χ0v) is 23.6. The normalized spacial score (nSPS) is 19.1. The molecule has 1 saturated heterocycles. The van der Waals surface area contributed by atoms with Crippen molar-refractivity contribution < 1.29 is 28.9 Å². The lowest BCUT2D eigenvalue weighted by Crippen LogP contribution is -2.52. The zero-order chi connectivity index (χ0) is 27.2. The Morgan fingerprint density at radius 2 is 2.05 bits per heavy atom. The van der Waals surface area contributed by atoms with E-state index in [4.69, 9.17) is 19.2 Å². The van der Waals surface area contributed by atoms with Crippen LogP contribution in [0, 0.1) is 0 Å². The van der Waals surface area contributed by atoms with Crippen molar-refractivity contribution in [1.82, 2.24) is 24.8 Å². The Bertz CT molecular complexity index is 1070. The Morgan fingerprint density at radius 1 is 1.30 bits per heavy atom. The summed E-state index contributed by atoms with van der Waals surface area (Å²) in [5.74, 6) is 0.148. The number of methoxy groups -OCH3 is 2. The molecule has 37 heavy (non-hydrogen) atoms. The summed E-state index contributed by atoms with van der Waals surface area (Å²) in [6.45, 7) is 10.7. The maximum absolute atomic E-state index is 13.1. The third kappa shape index (κ3) is 7.87. The number of nitrogens with one attached hydrogen (secondary N) is 2. The van der Waals surface area contributed by atoms with Crippen LogP contribution in [0.4, 0.5) is 10.6 Å². The molecule has 1 aliphatic heterocycles.